The van der Waals surface area contributed by atoms with Crippen LogP contribution in [0.2, 0.25) is 5.02 Å². The summed E-state index contributed by atoms with van der Waals surface area (Å²) in [5.41, 5.74) is 6.81. The maximum atomic E-state index is 12.9. The highest BCUT2D eigenvalue weighted by Crippen LogP contribution is 2.31. The van der Waals surface area contributed by atoms with E-state index < -0.39 is 11.8 Å². The Morgan fingerprint density at radius 3 is 2.67 bits per heavy atom. The molecule has 0 saturated carbocycles. The molecular weight excluding hydrogens is 448 g/mol. The van der Waals surface area contributed by atoms with E-state index in [9.17, 15) is 14.9 Å². The smallest absolute Gasteiger partial charge is 0.266 e. The SMILES string of the molecule is COc1cc(/C=C(/C#N)C(=O)Nc2cc(Cl)ccc2N2CCOCC2)ccc1OCC(N)=O. The van der Waals surface area contributed by atoms with Crippen molar-refractivity contribution >= 4 is 40.9 Å². The molecule has 0 radical (unpaired) electrons. The molecule has 1 saturated heterocycles. The van der Waals surface area contributed by atoms with Gasteiger partial charge >= 0.3 is 0 Å². The van der Waals surface area contributed by atoms with Crippen LogP contribution in [0.3, 0.4) is 0 Å². The second-order valence-electron chi connectivity index (χ2n) is 7.05. The zero-order valence-electron chi connectivity index (χ0n) is 18.0. The number of nitrogens with zero attached hydrogens (tertiary/aromatic N) is 2. The van der Waals surface area contributed by atoms with Gasteiger partial charge in [0.2, 0.25) is 0 Å². The number of rotatable bonds is 8. The molecule has 1 aliphatic heterocycles. The molecule has 0 aromatic heterocycles. The summed E-state index contributed by atoms with van der Waals surface area (Å²) in [6.07, 6.45) is 1.43. The molecule has 0 spiro atoms. The van der Waals surface area contributed by atoms with Crippen molar-refractivity contribution in [3.63, 3.8) is 0 Å². The molecule has 1 heterocycles. The van der Waals surface area contributed by atoms with E-state index in [1.54, 1.807) is 30.3 Å². The molecule has 0 atom stereocenters. The van der Waals surface area contributed by atoms with Crippen LogP contribution in [0.25, 0.3) is 6.08 Å². The monoisotopic (exact) mass is 470 g/mol. The molecule has 2 aromatic carbocycles. The summed E-state index contributed by atoms with van der Waals surface area (Å²) in [6, 6.07) is 11.9. The molecule has 0 unspecified atom stereocenters. The molecule has 3 rings (SSSR count). The van der Waals surface area contributed by atoms with Crippen LogP contribution >= 0.6 is 11.6 Å². The number of hydrogen-bond donors (Lipinski definition) is 2. The number of carbonyl (C=O) groups excluding carboxylic acids is 2. The van der Waals surface area contributed by atoms with Gasteiger partial charge in [-0.15, -0.1) is 0 Å². The largest absolute Gasteiger partial charge is 0.493 e. The number of hydrogen-bond acceptors (Lipinski definition) is 7. The van der Waals surface area contributed by atoms with Gasteiger partial charge in [-0.25, -0.2) is 0 Å². The fraction of sp³-hybridized carbons (Fsp3) is 0.261. The summed E-state index contributed by atoms with van der Waals surface area (Å²) in [7, 11) is 1.43. The number of primary amides is 1. The topological polar surface area (TPSA) is 127 Å². The summed E-state index contributed by atoms with van der Waals surface area (Å²) >= 11 is 6.15. The average molecular weight is 471 g/mol. The molecule has 172 valence electrons. The maximum Gasteiger partial charge on any atom is 0.266 e. The third kappa shape index (κ3) is 6.38. The van der Waals surface area contributed by atoms with Gasteiger partial charge in [0.1, 0.15) is 11.6 Å². The molecule has 0 aliphatic carbocycles. The number of ether oxygens (including phenoxy) is 3. The fourth-order valence-corrected chi connectivity index (χ4v) is 3.41. The summed E-state index contributed by atoms with van der Waals surface area (Å²) in [5.74, 6) is -0.568. The average Bonchev–Trinajstić information content (AvgIpc) is 2.82. The molecular formula is C23H23ClN4O5. The molecule has 33 heavy (non-hydrogen) atoms. The normalized spacial score (nSPS) is 13.7. The standard InChI is InChI=1S/C23H23ClN4O5/c1-31-21-11-15(2-5-20(21)33-14-22(26)29)10-16(13-25)23(30)27-18-12-17(24)3-4-19(18)28-6-8-32-9-7-28/h2-5,10-12H,6-9,14H2,1H3,(H2,26,29)(H,27,30)/b16-10-. The molecule has 0 bridgehead atoms. The lowest BCUT2D eigenvalue weighted by Gasteiger charge is -2.30. The highest BCUT2D eigenvalue weighted by Gasteiger charge is 2.18. The number of nitrogens with two attached hydrogens (primary N) is 1. The van der Waals surface area contributed by atoms with Crippen LogP contribution in [0.15, 0.2) is 42.0 Å². The lowest BCUT2D eigenvalue weighted by Crippen LogP contribution is -2.36. The van der Waals surface area contributed by atoms with Gasteiger partial charge in [0.25, 0.3) is 11.8 Å². The van der Waals surface area contributed by atoms with E-state index in [0.29, 0.717) is 54.1 Å². The Labute approximate surface area is 196 Å². The number of anilines is 2. The van der Waals surface area contributed by atoms with Crippen LogP contribution < -0.4 is 25.4 Å². The third-order valence-corrected chi connectivity index (χ3v) is 5.03. The van der Waals surface area contributed by atoms with Gasteiger partial charge in [0.05, 0.1) is 31.7 Å². The molecule has 2 amide bonds. The Balaban J connectivity index is 1.83. The Kier molecular flexibility index (Phi) is 8.13. The minimum absolute atomic E-state index is 0.115. The first kappa shape index (κ1) is 23.9. The van der Waals surface area contributed by atoms with Crippen molar-refractivity contribution in [2.45, 2.75) is 0 Å². The Hall–Kier alpha value is -3.74. The quantitative estimate of drug-likeness (QED) is 0.448. The van der Waals surface area contributed by atoms with E-state index in [-0.39, 0.29) is 12.2 Å². The van der Waals surface area contributed by atoms with E-state index in [1.807, 2.05) is 12.1 Å². The van der Waals surface area contributed by atoms with Crippen LogP contribution in [0.1, 0.15) is 5.56 Å². The van der Waals surface area contributed by atoms with Crippen molar-refractivity contribution in [3.05, 3.63) is 52.6 Å². The van der Waals surface area contributed by atoms with Crippen LogP contribution in [0.5, 0.6) is 11.5 Å². The number of halogens is 1. The minimum Gasteiger partial charge on any atom is -0.493 e. The number of nitriles is 1. The molecule has 3 N–H and O–H groups in total. The van der Waals surface area contributed by atoms with Crippen LogP contribution in [0, 0.1) is 11.3 Å². The van der Waals surface area contributed by atoms with Gasteiger partial charge in [-0.2, -0.15) is 5.26 Å². The zero-order valence-corrected chi connectivity index (χ0v) is 18.7. The lowest BCUT2D eigenvalue weighted by molar-refractivity contribution is -0.120. The summed E-state index contributed by atoms with van der Waals surface area (Å²) in [5, 5.41) is 12.8. The van der Waals surface area contributed by atoms with Crippen molar-refractivity contribution in [3.8, 4) is 17.6 Å². The summed E-state index contributed by atoms with van der Waals surface area (Å²) in [4.78, 5) is 25.9. The first-order valence-electron chi connectivity index (χ1n) is 10.1. The maximum absolute atomic E-state index is 12.9. The highest BCUT2D eigenvalue weighted by atomic mass is 35.5. The van der Waals surface area contributed by atoms with E-state index >= 15 is 0 Å². The molecule has 10 heteroatoms. The van der Waals surface area contributed by atoms with Gasteiger partial charge in [0.15, 0.2) is 18.1 Å². The van der Waals surface area contributed by atoms with Crippen molar-refractivity contribution in [2.24, 2.45) is 5.73 Å². The van der Waals surface area contributed by atoms with E-state index in [1.165, 1.54) is 13.2 Å². The number of carbonyl (C=O) groups is 2. The van der Waals surface area contributed by atoms with E-state index in [0.717, 1.165) is 5.69 Å². The molecule has 2 aromatic rings. The Morgan fingerprint density at radius 1 is 1.24 bits per heavy atom. The molecule has 9 nitrogen and oxygen atoms in total. The second kappa shape index (κ2) is 11.2. The van der Waals surface area contributed by atoms with Gasteiger partial charge in [-0.05, 0) is 42.0 Å². The number of amides is 2. The fourth-order valence-electron chi connectivity index (χ4n) is 3.24. The minimum atomic E-state index is -0.623. The number of benzene rings is 2. The van der Waals surface area contributed by atoms with Crippen molar-refractivity contribution < 1.29 is 23.8 Å². The number of morpholine rings is 1. The zero-order chi connectivity index (χ0) is 23.8. The van der Waals surface area contributed by atoms with Gasteiger partial charge in [-0.3, -0.25) is 9.59 Å². The first-order chi connectivity index (χ1) is 15.9. The van der Waals surface area contributed by atoms with Crippen molar-refractivity contribution in [1.29, 1.82) is 5.26 Å². The summed E-state index contributed by atoms with van der Waals surface area (Å²) < 4.78 is 16.0. The Morgan fingerprint density at radius 2 is 2.00 bits per heavy atom. The lowest BCUT2D eigenvalue weighted by atomic mass is 10.1. The van der Waals surface area contributed by atoms with E-state index in [4.69, 9.17) is 31.5 Å². The van der Waals surface area contributed by atoms with Crippen molar-refractivity contribution in [1.82, 2.24) is 0 Å². The second-order valence-corrected chi connectivity index (χ2v) is 7.49. The van der Waals surface area contributed by atoms with Crippen LogP contribution in [-0.2, 0) is 14.3 Å². The van der Waals surface area contributed by atoms with E-state index in [2.05, 4.69) is 10.2 Å². The highest BCUT2D eigenvalue weighted by molar-refractivity contribution is 6.31. The van der Waals surface area contributed by atoms with Crippen LogP contribution in [0.4, 0.5) is 11.4 Å². The number of methoxy groups -OCH3 is 1. The molecule has 1 fully saturated rings. The first-order valence-corrected chi connectivity index (χ1v) is 10.4. The third-order valence-electron chi connectivity index (χ3n) is 4.79. The van der Waals surface area contributed by atoms with Gasteiger partial charge < -0.3 is 30.2 Å². The predicted octanol–water partition coefficient (Wildman–Crippen LogP) is 2.59. The predicted molar refractivity (Wildman–Crippen MR) is 124 cm³/mol. The Bertz CT molecular complexity index is 1110. The van der Waals surface area contributed by atoms with Gasteiger partial charge in [-0.1, -0.05) is 17.7 Å². The van der Waals surface area contributed by atoms with Crippen LogP contribution in [-0.4, -0.2) is 51.8 Å². The van der Waals surface area contributed by atoms with Gasteiger partial charge in [0, 0.05) is 18.1 Å². The number of nitrogens with one attached hydrogen (secondary N) is 1. The molecule has 1 aliphatic rings. The van der Waals surface area contributed by atoms with Crippen molar-refractivity contribution in [2.75, 3.05) is 50.2 Å². The summed E-state index contributed by atoms with van der Waals surface area (Å²) in [6.45, 7) is 2.22.